The summed E-state index contributed by atoms with van der Waals surface area (Å²) in [6.07, 6.45) is 5.24. The van der Waals surface area contributed by atoms with Gasteiger partial charge in [0.05, 0.1) is 5.38 Å². The average molecular weight is 230 g/mol. The topological polar surface area (TPSA) is 30.7 Å². The Morgan fingerprint density at radius 2 is 2.20 bits per heavy atom. The van der Waals surface area contributed by atoms with E-state index in [4.69, 9.17) is 11.6 Å². The predicted octanol–water partition coefficient (Wildman–Crippen LogP) is 3.40. The van der Waals surface area contributed by atoms with Gasteiger partial charge in [-0.1, -0.05) is 26.0 Å². The highest BCUT2D eigenvalue weighted by atomic mass is 35.5. The van der Waals surface area contributed by atoms with Gasteiger partial charge in [0.15, 0.2) is 0 Å². The monoisotopic (exact) mass is 229 g/mol. The van der Waals surface area contributed by atoms with Crippen molar-refractivity contribution in [3.05, 3.63) is 11.9 Å². The number of alkyl halides is 1. The second-order valence-corrected chi connectivity index (χ2v) is 4.85. The molecule has 0 aliphatic rings. The number of rotatable bonds is 6. The summed E-state index contributed by atoms with van der Waals surface area (Å²) in [4.78, 5) is 0. The summed E-state index contributed by atoms with van der Waals surface area (Å²) in [6, 6.07) is 0. The molecule has 0 N–H and O–H groups in total. The van der Waals surface area contributed by atoms with Gasteiger partial charge < -0.3 is 0 Å². The van der Waals surface area contributed by atoms with E-state index in [1.807, 2.05) is 10.9 Å². The van der Waals surface area contributed by atoms with Crippen LogP contribution < -0.4 is 0 Å². The van der Waals surface area contributed by atoms with Gasteiger partial charge in [-0.3, -0.25) is 4.68 Å². The lowest BCUT2D eigenvalue weighted by Gasteiger charge is -2.03. The zero-order valence-corrected chi connectivity index (χ0v) is 10.5. The summed E-state index contributed by atoms with van der Waals surface area (Å²) in [5.41, 5.74) is 0.892. The van der Waals surface area contributed by atoms with Crippen LogP contribution >= 0.6 is 11.6 Å². The maximum absolute atomic E-state index is 6.07. The van der Waals surface area contributed by atoms with Crippen molar-refractivity contribution in [3.63, 3.8) is 0 Å². The van der Waals surface area contributed by atoms with Gasteiger partial charge in [0, 0.05) is 12.7 Å². The Hall–Kier alpha value is -0.570. The minimum absolute atomic E-state index is 0.00356. The van der Waals surface area contributed by atoms with E-state index in [0.717, 1.165) is 31.0 Å². The summed E-state index contributed by atoms with van der Waals surface area (Å²) in [6.45, 7) is 7.46. The smallest absolute Gasteiger partial charge is 0.100 e. The first kappa shape index (κ1) is 12.5. The van der Waals surface area contributed by atoms with E-state index in [1.54, 1.807) is 0 Å². The fourth-order valence-corrected chi connectivity index (χ4v) is 1.54. The van der Waals surface area contributed by atoms with Crippen LogP contribution in [0.25, 0.3) is 0 Å². The lowest BCUT2D eigenvalue weighted by Crippen LogP contribution is -2.00. The first-order valence-corrected chi connectivity index (χ1v) is 6.11. The first-order valence-electron chi connectivity index (χ1n) is 5.67. The molecule has 0 aromatic carbocycles. The number of halogens is 1. The van der Waals surface area contributed by atoms with E-state index < -0.39 is 0 Å². The Bertz CT molecular complexity index is 283. The van der Waals surface area contributed by atoms with Gasteiger partial charge in [-0.2, -0.15) is 0 Å². The zero-order valence-electron chi connectivity index (χ0n) is 9.78. The van der Waals surface area contributed by atoms with Crippen LogP contribution in [0.1, 0.15) is 51.1 Å². The van der Waals surface area contributed by atoms with Gasteiger partial charge in [0.25, 0.3) is 0 Å². The van der Waals surface area contributed by atoms with Crippen molar-refractivity contribution in [1.82, 2.24) is 15.0 Å². The van der Waals surface area contributed by atoms with E-state index in [1.165, 1.54) is 6.42 Å². The maximum Gasteiger partial charge on any atom is 0.100 e. The lowest BCUT2D eigenvalue weighted by molar-refractivity contribution is 0.482. The second kappa shape index (κ2) is 6.11. The number of nitrogens with zero attached hydrogens (tertiary/aromatic N) is 3. The number of hydrogen-bond acceptors (Lipinski definition) is 2. The standard InChI is InChI=1S/C11H20ClN3/c1-4-10(12)11-8-15(14-13-11)7-5-6-9(2)3/h8-10H,4-7H2,1-3H3. The highest BCUT2D eigenvalue weighted by Gasteiger charge is 2.09. The highest BCUT2D eigenvalue weighted by Crippen LogP contribution is 2.20. The first-order chi connectivity index (χ1) is 7.13. The Morgan fingerprint density at radius 1 is 1.47 bits per heavy atom. The molecular formula is C11H20ClN3. The van der Waals surface area contributed by atoms with Crippen LogP contribution in [-0.2, 0) is 6.54 Å². The molecule has 3 nitrogen and oxygen atoms in total. The van der Waals surface area contributed by atoms with E-state index in [0.29, 0.717) is 0 Å². The number of aryl methyl sites for hydroxylation is 1. The van der Waals surface area contributed by atoms with Crippen molar-refractivity contribution in [2.45, 2.75) is 52.0 Å². The lowest BCUT2D eigenvalue weighted by atomic mass is 10.1. The third kappa shape index (κ3) is 4.20. The number of aromatic nitrogens is 3. The van der Waals surface area contributed by atoms with Crippen LogP contribution in [-0.4, -0.2) is 15.0 Å². The Labute approximate surface area is 96.8 Å². The summed E-state index contributed by atoms with van der Waals surface area (Å²) in [5, 5.41) is 8.13. The van der Waals surface area contributed by atoms with Crippen molar-refractivity contribution in [3.8, 4) is 0 Å². The molecule has 86 valence electrons. The molecule has 1 aromatic rings. The molecule has 1 unspecified atom stereocenters. The van der Waals surface area contributed by atoms with Gasteiger partial charge in [-0.25, -0.2) is 0 Å². The molecule has 0 amide bonds. The fourth-order valence-electron chi connectivity index (χ4n) is 1.44. The third-order valence-electron chi connectivity index (χ3n) is 2.40. The van der Waals surface area contributed by atoms with Crippen molar-refractivity contribution in [2.24, 2.45) is 5.92 Å². The van der Waals surface area contributed by atoms with Crippen LogP contribution in [0.3, 0.4) is 0 Å². The molecular weight excluding hydrogens is 210 g/mol. The molecule has 1 rings (SSSR count). The minimum atomic E-state index is 0.00356. The minimum Gasteiger partial charge on any atom is -0.252 e. The van der Waals surface area contributed by atoms with Crippen LogP contribution in [0.4, 0.5) is 0 Å². The maximum atomic E-state index is 6.07. The van der Waals surface area contributed by atoms with Crippen molar-refractivity contribution < 1.29 is 0 Å². The van der Waals surface area contributed by atoms with Crippen LogP contribution in [0.15, 0.2) is 6.20 Å². The molecule has 0 saturated heterocycles. The SMILES string of the molecule is CCC(Cl)c1cn(CCCC(C)C)nn1. The van der Waals surface area contributed by atoms with Crippen LogP contribution in [0.2, 0.25) is 0 Å². The second-order valence-electron chi connectivity index (χ2n) is 4.32. The summed E-state index contributed by atoms with van der Waals surface area (Å²) in [7, 11) is 0. The fraction of sp³-hybridized carbons (Fsp3) is 0.818. The molecule has 0 bridgehead atoms. The molecule has 0 aliphatic heterocycles. The molecule has 1 atom stereocenters. The van der Waals surface area contributed by atoms with Crippen LogP contribution in [0, 0.1) is 5.92 Å². The van der Waals surface area contributed by atoms with Gasteiger partial charge in [0.2, 0.25) is 0 Å². The molecule has 0 saturated carbocycles. The van der Waals surface area contributed by atoms with Gasteiger partial charge in [0.1, 0.15) is 5.69 Å². The Kier molecular flexibility index (Phi) is 5.09. The van der Waals surface area contributed by atoms with E-state index in [2.05, 4.69) is 31.1 Å². The largest absolute Gasteiger partial charge is 0.252 e. The quantitative estimate of drug-likeness (QED) is 0.700. The Morgan fingerprint density at radius 3 is 2.80 bits per heavy atom. The Balaban J connectivity index is 2.39. The van der Waals surface area contributed by atoms with E-state index in [-0.39, 0.29) is 5.38 Å². The van der Waals surface area contributed by atoms with Crippen molar-refractivity contribution in [2.75, 3.05) is 0 Å². The van der Waals surface area contributed by atoms with E-state index >= 15 is 0 Å². The molecule has 0 aliphatic carbocycles. The normalized spacial score (nSPS) is 13.4. The average Bonchev–Trinajstić information content (AvgIpc) is 2.65. The summed E-state index contributed by atoms with van der Waals surface area (Å²) < 4.78 is 1.89. The van der Waals surface area contributed by atoms with Crippen LogP contribution in [0.5, 0.6) is 0 Å². The molecule has 0 spiro atoms. The molecule has 0 radical (unpaired) electrons. The van der Waals surface area contributed by atoms with Crippen molar-refractivity contribution >= 4 is 11.6 Å². The number of hydrogen-bond donors (Lipinski definition) is 0. The third-order valence-corrected chi connectivity index (χ3v) is 2.94. The van der Waals surface area contributed by atoms with Gasteiger partial charge in [-0.05, 0) is 25.2 Å². The summed E-state index contributed by atoms with van der Waals surface area (Å²) >= 11 is 6.07. The predicted molar refractivity (Wildman–Crippen MR) is 63.0 cm³/mol. The zero-order chi connectivity index (χ0) is 11.3. The molecule has 4 heteroatoms. The molecule has 0 fully saturated rings. The van der Waals surface area contributed by atoms with E-state index in [9.17, 15) is 0 Å². The van der Waals surface area contributed by atoms with Gasteiger partial charge >= 0.3 is 0 Å². The van der Waals surface area contributed by atoms with Crippen molar-refractivity contribution in [1.29, 1.82) is 0 Å². The van der Waals surface area contributed by atoms with Gasteiger partial charge in [-0.15, -0.1) is 16.7 Å². The molecule has 15 heavy (non-hydrogen) atoms. The molecule has 1 aromatic heterocycles. The molecule has 1 heterocycles. The summed E-state index contributed by atoms with van der Waals surface area (Å²) in [5.74, 6) is 0.754. The highest BCUT2D eigenvalue weighted by molar-refractivity contribution is 6.20.